The number of rotatable bonds is 4. The molecule has 0 heterocycles. The fourth-order valence-electron chi connectivity index (χ4n) is 8.23. The minimum absolute atomic E-state index is 0.0658. The van der Waals surface area contributed by atoms with Crippen LogP contribution in [0.25, 0.3) is 33.0 Å². The number of fused-ring (bicyclic) bond motifs is 5. The Morgan fingerprint density at radius 1 is 0.435 bits per heavy atom. The van der Waals surface area contributed by atoms with Crippen LogP contribution in [0.1, 0.15) is 76.6 Å². The second-order valence-electron chi connectivity index (χ2n) is 15.3. The second-order valence-corrected chi connectivity index (χ2v) is 15.3. The molecule has 0 aliphatic heterocycles. The summed E-state index contributed by atoms with van der Waals surface area (Å²) in [5.41, 5.74) is 14.8. The molecule has 6 aromatic carbocycles. The molecule has 0 atom stereocenters. The van der Waals surface area contributed by atoms with Gasteiger partial charge in [-0.25, -0.2) is 0 Å². The van der Waals surface area contributed by atoms with E-state index in [1.807, 2.05) is 0 Å². The highest BCUT2D eigenvalue weighted by Gasteiger charge is 2.38. The average Bonchev–Trinajstić information content (AvgIpc) is 3.29. The summed E-state index contributed by atoms with van der Waals surface area (Å²) in [6.07, 6.45) is 2.45. The number of nitrogens with zero attached hydrogens (tertiary/aromatic N) is 1. The Balaban J connectivity index is 1.30. The van der Waals surface area contributed by atoms with Crippen LogP contribution in [0.4, 0.5) is 17.1 Å². The first-order chi connectivity index (χ1) is 22.0. The summed E-state index contributed by atoms with van der Waals surface area (Å²) >= 11 is 0. The fourth-order valence-corrected chi connectivity index (χ4v) is 8.23. The van der Waals surface area contributed by atoms with Crippen LogP contribution in [0.15, 0.2) is 127 Å². The maximum absolute atomic E-state index is 2.49. The molecule has 0 radical (unpaired) electrons. The maximum atomic E-state index is 2.49. The van der Waals surface area contributed by atoms with E-state index in [-0.39, 0.29) is 16.2 Å². The molecule has 0 bridgehead atoms. The van der Waals surface area contributed by atoms with Crippen molar-refractivity contribution in [1.29, 1.82) is 0 Å². The predicted molar refractivity (Wildman–Crippen MR) is 197 cm³/mol. The lowest BCUT2D eigenvalue weighted by Gasteiger charge is -2.42. The van der Waals surface area contributed by atoms with E-state index in [4.69, 9.17) is 0 Å². The first kappa shape index (κ1) is 28.8. The topological polar surface area (TPSA) is 3.24 Å². The Morgan fingerprint density at radius 2 is 1.04 bits per heavy atom. The molecule has 6 aromatic rings. The van der Waals surface area contributed by atoms with Crippen LogP contribution >= 0.6 is 0 Å². The third kappa shape index (κ3) is 4.43. The van der Waals surface area contributed by atoms with Crippen molar-refractivity contribution in [2.24, 2.45) is 0 Å². The minimum Gasteiger partial charge on any atom is -0.310 e. The van der Waals surface area contributed by atoms with Crippen molar-refractivity contribution < 1.29 is 0 Å². The van der Waals surface area contributed by atoms with Gasteiger partial charge < -0.3 is 4.90 Å². The summed E-state index contributed by atoms with van der Waals surface area (Å²) in [6.45, 7) is 14.4. The lowest BCUT2D eigenvalue weighted by molar-refractivity contribution is 0.332. The normalized spacial score (nSPS) is 16.8. The van der Waals surface area contributed by atoms with Crippen LogP contribution < -0.4 is 4.90 Å². The number of hydrogen-bond acceptors (Lipinski definition) is 1. The van der Waals surface area contributed by atoms with Gasteiger partial charge in [-0.1, -0.05) is 133 Å². The summed E-state index contributed by atoms with van der Waals surface area (Å²) in [6, 6.07) is 47.7. The van der Waals surface area contributed by atoms with Crippen LogP contribution in [0.3, 0.4) is 0 Å². The van der Waals surface area contributed by atoms with Crippen molar-refractivity contribution >= 4 is 27.8 Å². The SMILES string of the molecule is CC1(C)CCC(C)(C)c2cc3cc(-c4ccccc4N(c4ccccc4)c4ccc5c(c4)C(C)(C)c4ccccc4-5)ccc3cc21. The molecule has 0 saturated heterocycles. The van der Waals surface area contributed by atoms with E-state index >= 15 is 0 Å². The molecule has 2 aliphatic carbocycles. The molecular weight excluding hydrogens is 555 g/mol. The van der Waals surface area contributed by atoms with E-state index in [1.165, 1.54) is 79.5 Å². The van der Waals surface area contributed by atoms with Crippen molar-refractivity contribution in [2.75, 3.05) is 4.90 Å². The van der Waals surface area contributed by atoms with Gasteiger partial charge in [-0.15, -0.1) is 0 Å². The van der Waals surface area contributed by atoms with Gasteiger partial charge in [0, 0.05) is 22.4 Å². The molecule has 2 aliphatic rings. The molecule has 1 nitrogen and oxygen atoms in total. The molecule has 0 spiro atoms. The molecular formula is C45H43N. The summed E-state index contributed by atoms with van der Waals surface area (Å²) in [4.78, 5) is 2.44. The van der Waals surface area contributed by atoms with Crippen molar-refractivity contribution in [1.82, 2.24) is 0 Å². The second kappa shape index (κ2) is 10.2. The Kier molecular flexibility index (Phi) is 6.39. The molecule has 1 heteroatoms. The lowest BCUT2D eigenvalue weighted by Crippen LogP contribution is -2.33. The Hall–Kier alpha value is -4.62. The quantitative estimate of drug-likeness (QED) is 0.195. The summed E-state index contributed by atoms with van der Waals surface area (Å²) in [5, 5.41) is 2.64. The molecule has 228 valence electrons. The van der Waals surface area contributed by atoms with Gasteiger partial charge in [-0.3, -0.25) is 0 Å². The van der Waals surface area contributed by atoms with Gasteiger partial charge in [0.2, 0.25) is 0 Å². The third-order valence-electron chi connectivity index (χ3n) is 11.1. The lowest BCUT2D eigenvalue weighted by atomic mass is 9.63. The average molecular weight is 598 g/mol. The zero-order valence-electron chi connectivity index (χ0n) is 28.0. The van der Waals surface area contributed by atoms with Crippen molar-refractivity contribution in [2.45, 2.75) is 70.6 Å². The van der Waals surface area contributed by atoms with Crippen LogP contribution in [-0.2, 0) is 16.2 Å². The van der Waals surface area contributed by atoms with E-state index in [2.05, 4.69) is 174 Å². The first-order valence-corrected chi connectivity index (χ1v) is 16.8. The first-order valence-electron chi connectivity index (χ1n) is 16.8. The Labute approximate surface area is 274 Å². The van der Waals surface area contributed by atoms with Gasteiger partial charge in [-0.2, -0.15) is 0 Å². The van der Waals surface area contributed by atoms with E-state index in [1.54, 1.807) is 0 Å². The third-order valence-corrected chi connectivity index (χ3v) is 11.1. The summed E-state index contributed by atoms with van der Waals surface area (Å²) in [5.74, 6) is 0. The van der Waals surface area contributed by atoms with E-state index in [0.29, 0.717) is 0 Å². The number of hydrogen-bond donors (Lipinski definition) is 0. The molecule has 0 N–H and O–H groups in total. The number of benzene rings is 6. The van der Waals surface area contributed by atoms with E-state index in [0.717, 1.165) is 5.69 Å². The predicted octanol–water partition coefficient (Wildman–Crippen LogP) is 12.6. The fraction of sp³-hybridized carbons (Fsp3) is 0.244. The van der Waals surface area contributed by atoms with Gasteiger partial charge in [0.05, 0.1) is 5.69 Å². The van der Waals surface area contributed by atoms with Gasteiger partial charge in [0.25, 0.3) is 0 Å². The van der Waals surface area contributed by atoms with Crippen molar-refractivity contribution in [3.05, 3.63) is 150 Å². The molecule has 0 unspecified atom stereocenters. The Morgan fingerprint density at radius 3 is 1.78 bits per heavy atom. The standard InChI is InChI=1S/C45H43N/c1-43(2)24-25-44(3,4)41-28-32-26-31(21-20-30(32)27-40(41)43)35-16-11-13-19-42(35)46(33-14-8-7-9-15-33)34-22-23-37-36-17-10-12-18-38(36)45(5,6)39(37)29-34/h7-23,26-29H,24-25H2,1-6H3. The molecule has 0 saturated carbocycles. The van der Waals surface area contributed by atoms with Gasteiger partial charge in [-0.05, 0) is 110 Å². The largest absolute Gasteiger partial charge is 0.310 e. The van der Waals surface area contributed by atoms with Gasteiger partial charge in [0.1, 0.15) is 0 Å². The molecule has 0 fully saturated rings. The highest BCUT2D eigenvalue weighted by molar-refractivity contribution is 5.94. The Bertz CT molecular complexity index is 2130. The van der Waals surface area contributed by atoms with Crippen LogP contribution in [0, 0.1) is 0 Å². The molecule has 8 rings (SSSR count). The highest BCUT2D eigenvalue weighted by Crippen LogP contribution is 2.52. The number of para-hydroxylation sites is 2. The van der Waals surface area contributed by atoms with Crippen LogP contribution in [0.2, 0.25) is 0 Å². The van der Waals surface area contributed by atoms with Crippen LogP contribution in [0.5, 0.6) is 0 Å². The van der Waals surface area contributed by atoms with Crippen molar-refractivity contribution in [3.8, 4) is 22.3 Å². The summed E-state index contributed by atoms with van der Waals surface area (Å²) in [7, 11) is 0. The molecule has 0 amide bonds. The smallest absolute Gasteiger partial charge is 0.0540 e. The van der Waals surface area contributed by atoms with Crippen molar-refractivity contribution in [3.63, 3.8) is 0 Å². The summed E-state index contributed by atoms with van der Waals surface area (Å²) < 4.78 is 0. The molecule has 46 heavy (non-hydrogen) atoms. The van der Waals surface area contributed by atoms with E-state index in [9.17, 15) is 0 Å². The van der Waals surface area contributed by atoms with Gasteiger partial charge in [0.15, 0.2) is 0 Å². The highest BCUT2D eigenvalue weighted by atomic mass is 15.1. The molecule has 0 aromatic heterocycles. The number of anilines is 3. The van der Waals surface area contributed by atoms with E-state index < -0.39 is 0 Å². The van der Waals surface area contributed by atoms with Crippen LogP contribution in [-0.4, -0.2) is 0 Å². The zero-order valence-corrected chi connectivity index (χ0v) is 28.0. The zero-order chi connectivity index (χ0) is 31.8. The maximum Gasteiger partial charge on any atom is 0.0540 e. The monoisotopic (exact) mass is 597 g/mol. The van der Waals surface area contributed by atoms with Gasteiger partial charge >= 0.3 is 0 Å². The minimum atomic E-state index is -0.0658.